The molecule has 0 aromatic heterocycles. The van der Waals surface area contributed by atoms with E-state index in [2.05, 4.69) is 27.2 Å². The van der Waals surface area contributed by atoms with Gasteiger partial charge in [0.05, 0.1) is 6.21 Å². The summed E-state index contributed by atoms with van der Waals surface area (Å²) < 4.78 is 0.931. The maximum absolute atomic E-state index is 12.4. The normalized spacial score (nSPS) is 16.6. The zero-order valence-corrected chi connectivity index (χ0v) is 14.4. The van der Waals surface area contributed by atoms with Crippen LogP contribution in [0.1, 0.15) is 18.1 Å². The van der Waals surface area contributed by atoms with Crippen molar-refractivity contribution in [3.8, 4) is 0 Å². The summed E-state index contributed by atoms with van der Waals surface area (Å²) in [7, 11) is 0. The number of benzene rings is 2. The Morgan fingerprint density at radius 3 is 2.87 bits per heavy atom. The van der Waals surface area contributed by atoms with Crippen molar-refractivity contribution in [1.82, 2.24) is 0 Å². The van der Waals surface area contributed by atoms with E-state index in [1.54, 1.807) is 11.1 Å². The third-order valence-electron chi connectivity index (χ3n) is 3.84. The molecule has 23 heavy (non-hydrogen) atoms. The predicted octanol–water partition coefficient (Wildman–Crippen LogP) is 3.78. The number of nitrogens with zero attached hydrogens (tertiary/aromatic N) is 2. The fraction of sp³-hybridized carbons (Fsp3) is 0.222. The van der Waals surface area contributed by atoms with Gasteiger partial charge in [0.25, 0.3) is 5.91 Å². The van der Waals surface area contributed by atoms with Gasteiger partial charge in [0.15, 0.2) is 6.61 Å². The van der Waals surface area contributed by atoms with Crippen molar-refractivity contribution in [2.45, 2.75) is 19.4 Å². The number of hydrogen-bond donors (Lipinski definition) is 0. The topological polar surface area (TPSA) is 41.9 Å². The molecule has 3 rings (SSSR count). The van der Waals surface area contributed by atoms with E-state index >= 15 is 0 Å². The first-order valence-electron chi connectivity index (χ1n) is 7.46. The number of amides is 1. The molecule has 0 bridgehead atoms. The third kappa shape index (κ3) is 3.45. The molecule has 4 nitrogen and oxygen atoms in total. The van der Waals surface area contributed by atoms with Crippen LogP contribution in [0, 0.1) is 0 Å². The van der Waals surface area contributed by atoms with E-state index in [1.165, 1.54) is 5.56 Å². The number of anilines is 1. The fourth-order valence-electron chi connectivity index (χ4n) is 2.78. The van der Waals surface area contributed by atoms with Crippen LogP contribution in [-0.4, -0.2) is 24.8 Å². The van der Waals surface area contributed by atoms with Crippen molar-refractivity contribution < 1.29 is 9.63 Å². The number of para-hydroxylation sites is 1. The van der Waals surface area contributed by atoms with Crippen molar-refractivity contribution >= 4 is 33.7 Å². The molecule has 0 saturated carbocycles. The van der Waals surface area contributed by atoms with Crippen LogP contribution in [0.2, 0.25) is 0 Å². The number of rotatable bonds is 4. The van der Waals surface area contributed by atoms with E-state index in [0.29, 0.717) is 0 Å². The Balaban J connectivity index is 1.61. The zero-order valence-electron chi connectivity index (χ0n) is 12.8. The predicted molar refractivity (Wildman–Crippen MR) is 94.8 cm³/mol. The summed E-state index contributed by atoms with van der Waals surface area (Å²) >= 11 is 3.44. The lowest BCUT2D eigenvalue weighted by Gasteiger charge is -2.21. The Bertz CT molecular complexity index is 745. The molecule has 2 aromatic carbocycles. The number of halogens is 1. The molecule has 5 heteroatoms. The minimum absolute atomic E-state index is 0.0698. The first-order valence-corrected chi connectivity index (χ1v) is 8.26. The lowest BCUT2D eigenvalue weighted by Crippen LogP contribution is -2.37. The molecule has 0 aliphatic carbocycles. The average molecular weight is 373 g/mol. The number of fused-ring (bicyclic) bond motifs is 1. The monoisotopic (exact) mass is 372 g/mol. The molecule has 1 aliphatic rings. The largest absolute Gasteiger partial charge is 0.386 e. The van der Waals surface area contributed by atoms with Crippen LogP contribution >= 0.6 is 15.9 Å². The molecule has 1 aliphatic heterocycles. The molecule has 0 N–H and O–H groups in total. The van der Waals surface area contributed by atoms with E-state index in [-0.39, 0.29) is 18.6 Å². The summed E-state index contributed by atoms with van der Waals surface area (Å²) in [6, 6.07) is 15.8. The van der Waals surface area contributed by atoms with Crippen molar-refractivity contribution in [3.05, 3.63) is 64.1 Å². The Morgan fingerprint density at radius 2 is 2.04 bits per heavy atom. The van der Waals surface area contributed by atoms with Gasteiger partial charge in [-0.3, -0.25) is 4.79 Å². The van der Waals surface area contributed by atoms with Crippen molar-refractivity contribution in [2.75, 3.05) is 11.5 Å². The smallest absolute Gasteiger partial charge is 0.268 e. The van der Waals surface area contributed by atoms with Crippen molar-refractivity contribution in [1.29, 1.82) is 0 Å². The first kappa shape index (κ1) is 15.7. The highest BCUT2D eigenvalue weighted by molar-refractivity contribution is 9.10. The number of hydrogen-bond acceptors (Lipinski definition) is 3. The van der Waals surface area contributed by atoms with Crippen LogP contribution in [0.5, 0.6) is 0 Å². The minimum atomic E-state index is -0.0771. The van der Waals surface area contributed by atoms with Crippen molar-refractivity contribution in [2.24, 2.45) is 5.16 Å². The Morgan fingerprint density at radius 1 is 1.30 bits per heavy atom. The SMILES string of the molecule is C[C@H]1Cc2ccccc2N1C(=O)CO/N=C\c1ccccc1Br. The Kier molecular flexibility index (Phi) is 4.76. The fourth-order valence-corrected chi connectivity index (χ4v) is 3.17. The first-order chi connectivity index (χ1) is 11.2. The summed E-state index contributed by atoms with van der Waals surface area (Å²) in [5, 5.41) is 3.89. The minimum Gasteiger partial charge on any atom is -0.386 e. The summed E-state index contributed by atoms with van der Waals surface area (Å²) in [4.78, 5) is 19.4. The van der Waals surface area contributed by atoms with Crippen LogP contribution in [-0.2, 0) is 16.1 Å². The van der Waals surface area contributed by atoms with Gasteiger partial charge in [0.1, 0.15) is 0 Å². The molecule has 1 atom stereocenters. The van der Waals surface area contributed by atoms with Crippen LogP contribution in [0.3, 0.4) is 0 Å². The summed E-state index contributed by atoms with van der Waals surface area (Å²) in [6.07, 6.45) is 2.47. The summed E-state index contributed by atoms with van der Waals surface area (Å²) in [5.41, 5.74) is 3.08. The molecular formula is C18H17BrN2O2. The maximum Gasteiger partial charge on any atom is 0.268 e. The van der Waals surface area contributed by atoms with Gasteiger partial charge in [0.2, 0.25) is 0 Å². The quantitative estimate of drug-likeness (QED) is 0.605. The highest BCUT2D eigenvalue weighted by atomic mass is 79.9. The van der Waals surface area contributed by atoms with Gasteiger partial charge >= 0.3 is 0 Å². The highest BCUT2D eigenvalue weighted by Crippen LogP contribution is 2.31. The molecule has 0 saturated heterocycles. The van der Waals surface area contributed by atoms with Crippen molar-refractivity contribution in [3.63, 3.8) is 0 Å². The van der Waals surface area contributed by atoms with Gasteiger partial charge in [-0.15, -0.1) is 0 Å². The van der Waals surface area contributed by atoms with E-state index in [1.807, 2.05) is 49.4 Å². The molecule has 0 spiro atoms. The molecule has 0 fully saturated rings. The number of carbonyl (C=O) groups is 1. The zero-order chi connectivity index (χ0) is 16.2. The second-order valence-electron chi connectivity index (χ2n) is 5.48. The summed E-state index contributed by atoms with van der Waals surface area (Å²) in [5.74, 6) is -0.0771. The maximum atomic E-state index is 12.4. The van der Waals surface area contributed by atoms with E-state index < -0.39 is 0 Å². The molecule has 1 heterocycles. The van der Waals surface area contributed by atoms with E-state index in [9.17, 15) is 4.79 Å². The standard InChI is InChI=1S/C18H17BrN2O2/c1-13-10-14-6-3-5-9-17(14)21(13)18(22)12-23-20-11-15-7-2-4-8-16(15)19/h2-9,11,13H,10,12H2,1H3/b20-11-/t13-/m0/s1. The second kappa shape index (κ2) is 6.96. The van der Waals surface area contributed by atoms with Gasteiger partial charge < -0.3 is 9.74 Å². The van der Waals surface area contributed by atoms with Crippen LogP contribution < -0.4 is 4.90 Å². The number of oxime groups is 1. The Hall–Kier alpha value is -2.14. The van der Waals surface area contributed by atoms with Gasteiger partial charge in [0, 0.05) is 21.8 Å². The lowest BCUT2D eigenvalue weighted by atomic mass is 10.1. The van der Waals surface area contributed by atoms with E-state index in [0.717, 1.165) is 22.1 Å². The molecule has 118 valence electrons. The van der Waals surface area contributed by atoms with Gasteiger partial charge in [-0.1, -0.05) is 57.5 Å². The van der Waals surface area contributed by atoms with Gasteiger partial charge in [-0.25, -0.2) is 0 Å². The molecule has 1 amide bonds. The van der Waals surface area contributed by atoms with Crippen LogP contribution in [0.15, 0.2) is 58.2 Å². The summed E-state index contributed by atoms with van der Waals surface area (Å²) in [6.45, 7) is 1.97. The van der Waals surface area contributed by atoms with E-state index in [4.69, 9.17) is 4.84 Å². The second-order valence-corrected chi connectivity index (χ2v) is 6.33. The highest BCUT2D eigenvalue weighted by Gasteiger charge is 2.30. The van der Waals surface area contributed by atoms with Crippen LogP contribution in [0.4, 0.5) is 5.69 Å². The van der Waals surface area contributed by atoms with Crippen LogP contribution in [0.25, 0.3) is 0 Å². The molecule has 2 aromatic rings. The molecule has 0 radical (unpaired) electrons. The third-order valence-corrected chi connectivity index (χ3v) is 4.56. The number of carbonyl (C=O) groups excluding carboxylic acids is 1. The van der Waals surface area contributed by atoms with Gasteiger partial charge in [-0.2, -0.15) is 0 Å². The van der Waals surface area contributed by atoms with Gasteiger partial charge in [-0.05, 0) is 31.0 Å². The average Bonchev–Trinajstić information content (AvgIpc) is 2.88. The molecule has 0 unspecified atom stereocenters. The molecular weight excluding hydrogens is 356 g/mol. The lowest BCUT2D eigenvalue weighted by molar-refractivity contribution is -0.123. The Labute approximate surface area is 143 Å².